The zero-order valence-electron chi connectivity index (χ0n) is 8.43. The molecule has 1 fully saturated rings. The number of rotatable bonds is 4. The Morgan fingerprint density at radius 3 is 2.47 bits per heavy atom. The van der Waals surface area contributed by atoms with Crippen molar-refractivity contribution in [2.24, 2.45) is 27.0 Å². The molecule has 0 aromatic rings. The molecule has 0 unspecified atom stereocenters. The Bertz CT molecular complexity index is 307. The van der Waals surface area contributed by atoms with Gasteiger partial charge in [-0.2, -0.15) is 5.10 Å². The Labute approximate surface area is 88.0 Å². The van der Waals surface area contributed by atoms with E-state index in [0.717, 1.165) is 25.7 Å². The number of carbonyl (C=O) groups excluding carboxylic acids is 2. The maximum absolute atomic E-state index is 9.92. The van der Waals surface area contributed by atoms with E-state index in [-0.39, 0.29) is 0 Å². The van der Waals surface area contributed by atoms with Gasteiger partial charge in [-0.1, -0.05) is 5.10 Å². The Morgan fingerprint density at radius 2 is 1.87 bits per heavy atom. The second-order valence-corrected chi connectivity index (χ2v) is 3.67. The third-order valence-corrected chi connectivity index (χ3v) is 2.68. The van der Waals surface area contributed by atoms with E-state index in [1.807, 2.05) is 0 Å². The summed E-state index contributed by atoms with van der Waals surface area (Å²) in [6, 6.07) is 0. The van der Waals surface area contributed by atoms with Crippen LogP contribution >= 0.6 is 0 Å². The number of hydrogen-bond acceptors (Lipinski definition) is 5. The number of isocyanates is 2. The molecule has 1 rings (SSSR count). The third kappa shape index (κ3) is 4.45. The minimum absolute atomic E-state index is 0.388. The van der Waals surface area contributed by atoms with E-state index in [4.69, 9.17) is 0 Å². The van der Waals surface area contributed by atoms with Gasteiger partial charge in [0.2, 0.25) is 6.08 Å². The van der Waals surface area contributed by atoms with Gasteiger partial charge in [0, 0.05) is 6.21 Å². The van der Waals surface area contributed by atoms with Crippen molar-refractivity contribution in [3.05, 3.63) is 0 Å². The monoisotopic (exact) mass is 207 g/mol. The summed E-state index contributed by atoms with van der Waals surface area (Å²) in [4.78, 5) is 23.3. The van der Waals surface area contributed by atoms with E-state index in [1.165, 1.54) is 6.08 Å². The highest BCUT2D eigenvalue weighted by Crippen LogP contribution is 2.27. The Balaban J connectivity index is 2.29. The Hall–Kier alpha value is -1.57. The van der Waals surface area contributed by atoms with Crippen LogP contribution in [0.25, 0.3) is 0 Å². The summed E-state index contributed by atoms with van der Waals surface area (Å²) >= 11 is 0. The van der Waals surface area contributed by atoms with Gasteiger partial charge in [0.1, 0.15) is 0 Å². The van der Waals surface area contributed by atoms with Crippen molar-refractivity contribution in [2.45, 2.75) is 25.7 Å². The zero-order valence-corrected chi connectivity index (χ0v) is 8.43. The molecular formula is C10H13N3O2. The summed E-state index contributed by atoms with van der Waals surface area (Å²) in [5.41, 5.74) is 0. The van der Waals surface area contributed by atoms with Crippen LogP contribution < -0.4 is 0 Å². The first-order valence-corrected chi connectivity index (χ1v) is 5.00. The van der Waals surface area contributed by atoms with Crippen molar-refractivity contribution in [3.8, 4) is 0 Å². The van der Waals surface area contributed by atoms with Crippen molar-refractivity contribution >= 4 is 18.4 Å². The lowest BCUT2D eigenvalue weighted by Crippen LogP contribution is -2.17. The van der Waals surface area contributed by atoms with Crippen molar-refractivity contribution < 1.29 is 9.59 Å². The van der Waals surface area contributed by atoms with Gasteiger partial charge >= 0.3 is 0 Å². The van der Waals surface area contributed by atoms with Gasteiger partial charge in [0.25, 0.3) is 6.08 Å². The Kier molecular flexibility index (Phi) is 5.23. The SMILES string of the molecule is O=C=NCC1CCC(/C=N\N=C=O)CC1. The molecule has 0 heterocycles. The summed E-state index contributed by atoms with van der Waals surface area (Å²) in [5.74, 6) is 0.879. The molecule has 0 spiro atoms. The van der Waals surface area contributed by atoms with Crippen LogP contribution in [0, 0.1) is 11.8 Å². The molecule has 0 bridgehead atoms. The smallest absolute Gasteiger partial charge is 0.211 e. The quantitative estimate of drug-likeness (QED) is 0.397. The summed E-state index contributed by atoms with van der Waals surface area (Å²) in [6.45, 7) is 0.583. The van der Waals surface area contributed by atoms with Gasteiger partial charge in [-0.05, 0) is 37.5 Å². The predicted molar refractivity (Wildman–Crippen MR) is 55.1 cm³/mol. The highest BCUT2D eigenvalue weighted by Gasteiger charge is 2.19. The minimum atomic E-state index is 0.388. The molecule has 1 aliphatic carbocycles. The van der Waals surface area contributed by atoms with E-state index in [9.17, 15) is 9.59 Å². The van der Waals surface area contributed by atoms with Gasteiger partial charge in [-0.25, -0.2) is 14.6 Å². The van der Waals surface area contributed by atoms with Crippen molar-refractivity contribution in [1.82, 2.24) is 0 Å². The van der Waals surface area contributed by atoms with Crippen LogP contribution in [0.1, 0.15) is 25.7 Å². The molecule has 0 aliphatic heterocycles. The predicted octanol–water partition coefficient (Wildman–Crippen LogP) is 1.45. The molecule has 0 N–H and O–H groups in total. The van der Waals surface area contributed by atoms with Crippen LogP contribution in [0.2, 0.25) is 0 Å². The molecule has 15 heavy (non-hydrogen) atoms. The lowest BCUT2D eigenvalue weighted by Gasteiger charge is -2.24. The van der Waals surface area contributed by atoms with Gasteiger partial charge in [-0.3, -0.25) is 0 Å². The average molecular weight is 207 g/mol. The van der Waals surface area contributed by atoms with Gasteiger partial charge in [-0.15, -0.1) is 0 Å². The van der Waals surface area contributed by atoms with E-state index in [0.29, 0.717) is 18.4 Å². The second-order valence-electron chi connectivity index (χ2n) is 3.67. The average Bonchev–Trinajstić information content (AvgIpc) is 2.28. The van der Waals surface area contributed by atoms with E-state index in [1.54, 1.807) is 12.3 Å². The van der Waals surface area contributed by atoms with Crippen LogP contribution in [0.15, 0.2) is 15.2 Å². The molecule has 0 aromatic carbocycles. The first-order chi connectivity index (χ1) is 7.36. The van der Waals surface area contributed by atoms with Gasteiger partial charge in [0.15, 0.2) is 0 Å². The first-order valence-electron chi connectivity index (χ1n) is 5.00. The van der Waals surface area contributed by atoms with E-state index in [2.05, 4.69) is 15.2 Å². The molecule has 0 atom stereocenters. The van der Waals surface area contributed by atoms with Crippen LogP contribution in [-0.4, -0.2) is 24.9 Å². The van der Waals surface area contributed by atoms with E-state index >= 15 is 0 Å². The molecule has 0 saturated heterocycles. The summed E-state index contributed by atoms with van der Waals surface area (Å²) < 4.78 is 0. The molecule has 5 heteroatoms. The van der Waals surface area contributed by atoms with E-state index < -0.39 is 0 Å². The van der Waals surface area contributed by atoms with Gasteiger partial charge in [0.05, 0.1) is 6.54 Å². The maximum Gasteiger partial charge on any atom is 0.260 e. The summed E-state index contributed by atoms with van der Waals surface area (Å²) in [5, 5.41) is 6.72. The first kappa shape index (κ1) is 11.5. The number of aliphatic imine (C=N–C) groups is 1. The summed E-state index contributed by atoms with van der Waals surface area (Å²) in [6.07, 6.45) is 8.71. The van der Waals surface area contributed by atoms with Crippen molar-refractivity contribution in [2.75, 3.05) is 6.54 Å². The van der Waals surface area contributed by atoms with Crippen LogP contribution in [-0.2, 0) is 9.59 Å². The number of nitrogens with zero attached hydrogens (tertiary/aromatic N) is 3. The molecule has 1 saturated carbocycles. The number of hydrogen-bond donors (Lipinski definition) is 0. The Morgan fingerprint density at radius 1 is 1.13 bits per heavy atom. The second kappa shape index (κ2) is 6.82. The maximum atomic E-state index is 9.92. The summed E-state index contributed by atoms with van der Waals surface area (Å²) in [7, 11) is 0. The molecule has 1 aliphatic rings. The fraction of sp³-hybridized carbons (Fsp3) is 0.700. The van der Waals surface area contributed by atoms with Gasteiger partial charge < -0.3 is 0 Å². The normalized spacial score (nSPS) is 25.6. The lowest BCUT2D eigenvalue weighted by atomic mass is 9.83. The molecule has 0 radical (unpaired) electrons. The van der Waals surface area contributed by atoms with Crippen LogP contribution in [0.5, 0.6) is 0 Å². The molecular weight excluding hydrogens is 194 g/mol. The topological polar surface area (TPSA) is 71.2 Å². The lowest BCUT2D eigenvalue weighted by molar-refractivity contribution is 0.332. The highest BCUT2D eigenvalue weighted by molar-refractivity contribution is 5.61. The molecule has 5 nitrogen and oxygen atoms in total. The van der Waals surface area contributed by atoms with Crippen molar-refractivity contribution in [3.63, 3.8) is 0 Å². The largest absolute Gasteiger partial charge is 0.260 e. The van der Waals surface area contributed by atoms with Crippen LogP contribution in [0.3, 0.4) is 0 Å². The van der Waals surface area contributed by atoms with Crippen LogP contribution in [0.4, 0.5) is 0 Å². The molecule has 80 valence electrons. The minimum Gasteiger partial charge on any atom is -0.211 e. The fourth-order valence-electron chi connectivity index (χ4n) is 1.84. The fourth-order valence-corrected chi connectivity index (χ4v) is 1.84. The molecule has 0 aromatic heterocycles. The third-order valence-electron chi connectivity index (χ3n) is 2.68. The zero-order chi connectivity index (χ0) is 10.9. The van der Waals surface area contributed by atoms with Crippen molar-refractivity contribution in [1.29, 1.82) is 0 Å². The molecule has 0 amide bonds. The highest BCUT2D eigenvalue weighted by atomic mass is 16.1. The standard InChI is InChI=1S/C10H13N3O2/c14-7-11-5-9-1-3-10(4-2-9)6-12-13-8-15/h6,9-10H,1-5H2/b12-6-.